The molecule has 2 N–H and O–H groups in total. The Balaban J connectivity index is 1.95. The molecule has 0 fully saturated rings. The van der Waals surface area contributed by atoms with Gasteiger partial charge in [-0.3, -0.25) is 9.59 Å². The van der Waals surface area contributed by atoms with E-state index in [1.165, 1.54) is 11.3 Å². The normalized spacial score (nSPS) is 11.8. The van der Waals surface area contributed by atoms with Gasteiger partial charge in [0.2, 0.25) is 5.91 Å². The standard InChI is InChI=1S/C17H13N3O2S/c18-15(22)14(12-4-2-1-3-5-12)17-20-19-16(23-17)13-8-6-11(10-21)7-9-13/h1-10,14H,(H2,18,22). The molecule has 1 atom stereocenters. The highest BCUT2D eigenvalue weighted by molar-refractivity contribution is 7.14. The molecule has 0 aliphatic heterocycles. The maximum Gasteiger partial charge on any atom is 0.231 e. The number of amides is 1. The molecule has 3 aromatic rings. The third-order valence-corrected chi connectivity index (χ3v) is 4.44. The summed E-state index contributed by atoms with van der Waals surface area (Å²) >= 11 is 1.32. The summed E-state index contributed by atoms with van der Waals surface area (Å²) in [5, 5.41) is 9.51. The largest absolute Gasteiger partial charge is 0.369 e. The van der Waals surface area contributed by atoms with Crippen LogP contribution in [0.2, 0.25) is 0 Å². The maximum atomic E-state index is 11.9. The van der Waals surface area contributed by atoms with Crippen molar-refractivity contribution in [2.45, 2.75) is 5.92 Å². The zero-order valence-electron chi connectivity index (χ0n) is 12.0. The van der Waals surface area contributed by atoms with Crippen molar-refractivity contribution in [2.75, 3.05) is 0 Å². The van der Waals surface area contributed by atoms with Gasteiger partial charge in [-0.1, -0.05) is 65.9 Å². The summed E-state index contributed by atoms with van der Waals surface area (Å²) in [6.07, 6.45) is 0.786. The number of hydrogen-bond acceptors (Lipinski definition) is 5. The monoisotopic (exact) mass is 323 g/mol. The first-order valence-corrected chi connectivity index (χ1v) is 7.74. The Morgan fingerprint density at radius 2 is 1.74 bits per heavy atom. The van der Waals surface area contributed by atoms with Gasteiger partial charge in [0.1, 0.15) is 22.2 Å². The second-order valence-corrected chi connectivity index (χ2v) is 5.94. The van der Waals surface area contributed by atoms with E-state index in [4.69, 9.17) is 5.73 Å². The Hall–Kier alpha value is -2.86. The van der Waals surface area contributed by atoms with Gasteiger partial charge in [0.25, 0.3) is 0 Å². The van der Waals surface area contributed by atoms with E-state index >= 15 is 0 Å². The van der Waals surface area contributed by atoms with E-state index in [0.29, 0.717) is 15.6 Å². The number of aldehydes is 1. The van der Waals surface area contributed by atoms with E-state index in [-0.39, 0.29) is 0 Å². The van der Waals surface area contributed by atoms with Gasteiger partial charge in [-0.15, -0.1) is 10.2 Å². The van der Waals surface area contributed by atoms with Crippen LogP contribution < -0.4 is 5.73 Å². The van der Waals surface area contributed by atoms with Crippen molar-refractivity contribution in [3.05, 3.63) is 70.7 Å². The van der Waals surface area contributed by atoms with Crippen molar-refractivity contribution >= 4 is 23.5 Å². The summed E-state index contributed by atoms with van der Waals surface area (Å²) in [6, 6.07) is 16.3. The second-order valence-electron chi connectivity index (χ2n) is 4.93. The number of primary amides is 1. The molecule has 0 aliphatic rings. The van der Waals surface area contributed by atoms with Gasteiger partial charge in [0, 0.05) is 11.1 Å². The second kappa shape index (κ2) is 6.50. The number of hydrogen-bond donors (Lipinski definition) is 1. The first-order chi connectivity index (χ1) is 11.2. The fraction of sp³-hybridized carbons (Fsp3) is 0.0588. The number of benzene rings is 2. The summed E-state index contributed by atoms with van der Waals surface area (Å²) in [7, 11) is 0. The van der Waals surface area contributed by atoms with E-state index in [1.807, 2.05) is 30.3 Å². The molecule has 2 aromatic carbocycles. The van der Waals surface area contributed by atoms with E-state index in [2.05, 4.69) is 10.2 Å². The molecule has 3 rings (SSSR count). The minimum absolute atomic E-state index is 0.463. The molecule has 0 saturated carbocycles. The van der Waals surface area contributed by atoms with E-state index < -0.39 is 11.8 Å². The molecular weight excluding hydrogens is 310 g/mol. The Labute approximate surface area is 136 Å². The van der Waals surface area contributed by atoms with Crippen LogP contribution in [0.3, 0.4) is 0 Å². The zero-order chi connectivity index (χ0) is 16.2. The highest BCUT2D eigenvalue weighted by atomic mass is 32.1. The van der Waals surface area contributed by atoms with E-state index in [1.54, 1.807) is 24.3 Å². The van der Waals surface area contributed by atoms with Gasteiger partial charge in [-0.05, 0) is 5.56 Å². The van der Waals surface area contributed by atoms with Crippen molar-refractivity contribution in [2.24, 2.45) is 5.73 Å². The highest BCUT2D eigenvalue weighted by Crippen LogP contribution is 2.31. The van der Waals surface area contributed by atoms with Crippen LogP contribution in [0.1, 0.15) is 26.8 Å². The minimum atomic E-state index is -0.614. The minimum Gasteiger partial charge on any atom is -0.369 e. The number of nitrogens with two attached hydrogens (primary N) is 1. The van der Waals surface area contributed by atoms with Crippen LogP contribution in [0.25, 0.3) is 10.6 Å². The molecule has 0 bridgehead atoms. The number of carbonyl (C=O) groups excluding carboxylic acids is 2. The zero-order valence-corrected chi connectivity index (χ0v) is 12.9. The van der Waals surface area contributed by atoms with Gasteiger partial charge in [-0.2, -0.15) is 0 Å². The molecule has 1 aromatic heterocycles. The lowest BCUT2D eigenvalue weighted by Gasteiger charge is -2.09. The molecule has 0 radical (unpaired) electrons. The topological polar surface area (TPSA) is 85.9 Å². The van der Waals surface area contributed by atoms with Crippen molar-refractivity contribution in [3.8, 4) is 10.6 Å². The van der Waals surface area contributed by atoms with Gasteiger partial charge >= 0.3 is 0 Å². The Morgan fingerprint density at radius 3 is 2.35 bits per heavy atom. The maximum absolute atomic E-state index is 11.9. The van der Waals surface area contributed by atoms with E-state index in [9.17, 15) is 9.59 Å². The lowest BCUT2D eigenvalue weighted by molar-refractivity contribution is -0.118. The number of carbonyl (C=O) groups is 2. The predicted octanol–water partition coefficient (Wildman–Crippen LogP) is 2.63. The van der Waals surface area contributed by atoms with Crippen LogP contribution in [0.4, 0.5) is 0 Å². The van der Waals surface area contributed by atoms with Crippen LogP contribution in [-0.2, 0) is 4.79 Å². The first-order valence-electron chi connectivity index (χ1n) is 6.92. The average Bonchev–Trinajstić information content (AvgIpc) is 3.05. The fourth-order valence-corrected chi connectivity index (χ4v) is 3.23. The van der Waals surface area contributed by atoms with Crippen LogP contribution >= 0.6 is 11.3 Å². The molecule has 5 nitrogen and oxygen atoms in total. The van der Waals surface area contributed by atoms with Crippen molar-refractivity contribution in [1.29, 1.82) is 0 Å². The van der Waals surface area contributed by atoms with Crippen molar-refractivity contribution in [3.63, 3.8) is 0 Å². The summed E-state index contributed by atoms with van der Waals surface area (Å²) in [5.74, 6) is -1.08. The Kier molecular flexibility index (Phi) is 4.25. The summed E-state index contributed by atoms with van der Waals surface area (Å²) in [6.45, 7) is 0. The smallest absolute Gasteiger partial charge is 0.231 e. The third-order valence-electron chi connectivity index (χ3n) is 3.40. The van der Waals surface area contributed by atoms with Gasteiger partial charge < -0.3 is 5.73 Å². The van der Waals surface area contributed by atoms with E-state index in [0.717, 1.165) is 17.4 Å². The van der Waals surface area contributed by atoms with Gasteiger partial charge in [0.05, 0.1) is 0 Å². The molecule has 0 saturated heterocycles. The molecule has 1 amide bonds. The lowest BCUT2D eigenvalue weighted by Crippen LogP contribution is -2.22. The van der Waals surface area contributed by atoms with Crippen LogP contribution in [0.15, 0.2) is 54.6 Å². The Morgan fingerprint density at radius 1 is 1.04 bits per heavy atom. The Bertz CT molecular complexity index is 829. The molecule has 0 spiro atoms. The molecular formula is C17H13N3O2S. The first kappa shape index (κ1) is 15.1. The molecule has 6 heteroatoms. The van der Waals surface area contributed by atoms with Crippen LogP contribution in [0, 0.1) is 0 Å². The lowest BCUT2D eigenvalue weighted by atomic mass is 9.99. The molecule has 114 valence electrons. The highest BCUT2D eigenvalue weighted by Gasteiger charge is 2.24. The fourth-order valence-electron chi connectivity index (χ4n) is 2.25. The summed E-state index contributed by atoms with van der Waals surface area (Å²) in [5.41, 5.74) is 7.78. The van der Waals surface area contributed by atoms with Crippen molar-refractivity contribution in [1.82, 2.24) is 10.2 Å². The molecule has 1 heterocycles. The van der Waals surface area contributed by atoms with Crippen LogP contribution in [-0.4, -0.2) is 22.4 Å². The summed E-state index contributed by atoms with van der Waals surface area (Å²) < 4.78 is 0. The summed E-state index contributed by atoms with van der Waals surface area (Å²) in [4.78, 5) is 22.6. The predicted molar refractivity (Wildman–Crippen MR) is 88.2 cm³/mol. The van der Waals surface area contributed by atoms with Gasteiger partial charge in [-0.25, -0.2) is 0 Å². The molecule has 1 unspecified atom stereocenters. The molecule has 23 heavy (non-hydrogen) atoms. The number of rotatable bonds is 5. The van der Waals surface area contributed by atoms with Crippen molar-refractivity contribution < 1.29 is 9.59 Å². The SMILES string of the molecule is NC(=O)C(c1ccccc1)c1nnc(-c2ccc(C=O)cc2)s1. The molecule has 0 aliphatic carbocycles. The average molecular weight is 323 g/mol. The quantitative estimate of drug-likeness (QED) is 0.731. The number of nitrogens with zero attached hydrogens (tertiary/aromatic N) is 2. The van der Waals surface area contributed by atoms with Crippen LogP contribution in [0.5, 0.6) is 0 Å². The third kappa shape index (κ3) is 3.17. The van der Waals surface area contributed by atoms with Gasteiger partial charge in [0.15, 0.2) is 0 Å². The number of aromatic nitrogens is 2.